The Bertz CT molecular complexity index is 307. The van der Waals surface area contributed by atoms with Crippen molar-refractivity contribution >= 4 is 0 Å². The summed E-state index contributed by atoms with van der Waals surface area (Å²) >= 11 is 0. The maximum Gasteiger partial charge on any atom is 0.119 e. The number of benzene rings is 1. The van der Waals surface area contributed by atoms with Gasteiger partial charge in [-0.1, -0.05) is 12.1 Å². The molecule has 0 bridgehead atoms. The summed E-state index contributed by atoms with van der Waals surface area (Å²) in [6.45, 7) is 1.08. The van der Waals surface area contributed by atoms with Gasteiger partial charge in [-0.05, 0) is 57.0 Å². The van der Waals surface area contributed by atoms with Crippen molar-refractivity contribution in [2.45, 2.75) is 31.8 Å². The number of aryl methyl sites for hydroxylation is 1. The minimum absolute atomic E-state index is 0.498. The lowest BCUT2D eigenvalue weighted by molar-refractivity contribution is 0.303. The lowest BCUT2D eigenvalue weighted by atomic mass is 10.1. The molecule has 1 aromatic carbocycles. The van der Waals surface area contributed by atoms with Gasteiger partial charge in [-0.2, -0.15) is 0 Å². The topological polar surface area (TPSA) is 21.3 Å². The monoisotopic (exact) mass is 205 g/mol. The lowest BCUT2D eigenvalue weighted by Gasteiger charge is -2.06. The fourth-order valence-electron chi connectivity index (χ4n) is 1.62. The van der Waals surface area contributed by atoms with Gasteiger partial charge < -0.3 is 10.1 Å². The highest BCUT2D eigenvalue weighted by molar-refractivity contribution is 5.29. The van der Waals surface area contributed by atoms with Gasteiger partial charge in [0.15, 0.2) is 0 Å². The van der Waals surface area contributed by atoms with E-state index in [9.17, 15) is 0 Å². The number of hydrogen-bond donors (Lipinski definition) is 1. The van der Waals surface area contributed by atoms with Crippen LogP contribution in [0.1, 0.15) is 24.8 Å². The quantitative estimate of drug-likeness (QED) is 0.720. The Morgan fingerprint density at radius 2 is 2.27 bits per heavy atom. The molecule has 0 amide bonds. The molecule has 1 aliphatic carbocycles. The molecular weight excluding hydrogens is 186 g/mol. The fourth-order valence-corrected chi connectivity index (χ4v) is 1.62. The third-order valence-electron chi connectivity index (χ3n) is 2.62. The summed E-state index contributed by atoms with van der Waals surface area (Å²) in [6, 6.07) is 8.50. The van der Waals surface area contributed by atoms with Crippen LogP contribution in [-0.4, -0.2) is 19.7 Å². The molecule has 0 atom stereocenters. The van der Waals surface area contributed by atoms with Crippen molar-refractivity contribution in [3.63, 3.8) is 0 Å². The smallest absolute Gasteiger partial charge is 0.119 e. The van der Waals surface area contributed by atoms with Gasteiger partial charge >= 0.3 is 0 Å². The van der Waals surface area contributed by atoms with Gasteiger partial charge in [0.05, 0.1) is 6.10 Å². The Balaban J connectivity index is 1.86. The largest absolute Gasteiger partial charge is 0.490 e. The summed E-state index contributed by atoms with van der Waals surface area (Å²) < 4.78 is 5.76. The SMILES string of the molecule is CNCCCc1cccc(OC2CC2)c1. The van der Waals surface area contributed by atoms with Crippen LogP contribution in [0.5, 0.6) is 5.75 Å². The summed E-state index contributed by atoms with van der Waals surface area (Å²) in [5.41, 5.74) is 1.38. The Morgan fingerprint density at radius 1 is 1.40 bits per heavy atom. The van der Waals surface area contributed by atoms with Crippen molar-refractivity contribution in [3.8, 4) is 5.75 Å². The third kappa shape index (κ3) is 3.56. The maximum absolute atomic E-state index is 5.76. The van der Waals surface area contributed by atoms with Crippen LogP contribution >= 0.6 is 0 Å². The van der Waals surface area contributed by atoms with Crippen LogP contribution in [-0.2, 0) is 6.42 Å². The normalized spacial score (nSPS) is 15.3. The first-order valence-electron chi connectivity index (χ1n) is 5.78. The highest BCUT2D eigenvalue weighted by atomic mass is 16.5. The predicted molar refractivity (Wildman–Crippen MR) is 62.3 cm³/mol. The van der Waals surface area contributed by atoms with Crippen molar-refractivity contribution in [1.82, 2.24) is 5.32 Å². The van der Waals surface area contributed by atoms with Gasteiger partial charge in [0.2, 0.25) is 0 Å². The Labute approximate surface area is 91.6 Å². The zero-order valence-corrected chi connectivity index (χ0v) is 9.33. The molecule has 1 saturated carbocycles. The van der Waals surface area contributed by atoms with E-state index in [1.807, 2.05) is 7.05 Å². The molecule has 1 fully saturated rings. The van der Waals surface area contributed by atoms with Crippen LogP contribution in [0.2, 0.25) is 0 Å². The number of hydrogen-bond acceptors (Lipinski definition) is 2. The van der Waals surface area contributed by atoms with Gasteiger partial charge in [0.25, 0.3) is 0 Å². The van der Waals surface area contributed by atoms with Gasteiger partial charge in [-0.3, -0.25) is 0 Å². The molecule has 0 aromatic heterocycles. The average Bonchev–Trinajstić information content (AvgIpc) is 3.03. The number of ether oxygens (including phenoxy) is 1. The van der Waals surface area contributed by atoms with E-state index in [2.05, 4.69) is 29.6 Å². The molecule has 0 saturated heterocycles. The fraction of sp³-hybridized carbons (Fsp3) is 0.538. The van der Waals surface area contributed by atoms with E-state index < -0.39 is 0 Å². The van der Waals surface area contributed by atoms with Crippen LogP contribution in [0.25, 0.3) is 0 Å². The van der Waals surface area contributed by atoms with Crippen molar-refractivity contribution in [2.75, 3.05) is 13.6 Å². The van der Waals surface area contributed by atoms with E-state index in [1.54, 1.807) is 0 Å². The summed E-state index contributed by atoms with van der Waals surface area (Å²) in [5.74, 6) is 1.04. The molecule has 1 aliphatic rings. The van der Waals surface area contributed by atoms with Crippen molar-refractivity contribution in [1.29, 1.82) is 0 Å². The molecular formula is C13H19NO. The molecule has 0 radical (unpaired) electrons. The van der Waals surface area contributed by atoms with E-state index in [-0.39, 0.29) is 0 Å². The molecule has 0 aliphatic heterocycles. The number of rotatable bonds is 6. The van der Waals surface area contributed by atoms with Gasteiger partial charge in [0.1, 0.15) is 5.75 Å². The van der Waals surface area contributed by atoms with E-state index in [0.717, 1.165) is 18.7 Å². The van der Waals surface area contributed by atoms with Gasteiger partial charge in [-0.15, -0.1) is 0 Å². The molecule has 2 heteroatoms. The third-order valence-corrected chi connectivity index (χ3v) is 2.62. The summed E-state index contributed by atoms with van der Waals surface area (Å²) in [5, 5.41) is 3.16. The van der Waals surface area contributed by atoms with Crippen molar-refractivity contribution < 1.29 is 4.74 Å². The molecule has 0 unspecified atom stereocenters. The van der Waals surface area contributed by atoms with Crippen LogP contribution in [0.4, 0.5) is 0 Å². The molecule has 1 aromatic rings. The van der Waals surface area contributed by atoms with E-state index >= 15 is 0 Å². The minimum Gasteiger partial charge on any atom is -0.490 e. The van der Waals surface area contributed by atoms with Gasteiger partial charge in [0, 0.05) is 0 Å². The van der Waals surface area contributed by atoms with Crippen LogP contribution < -0.4 is 10.1 Å². The van der Waals surface area contributed by atoms with E-state index in [4.69, 9.17) is 4.74 Å². The second-order valence-electron chi connectivity index (χ2n) is 4.17. The lowest BCUT2D eigenvalue weighted by Crippen LogP contribution is -2.08. The van der Waals surface area contributed by atoms with Crippen LogP contribution in [0.15, 0.2) is 24.3 Å². The predicted octanol–water partition coefficient (Wildman–Crippen LogP) is 2.38. The Kier molecular flexibility index (Phi) is 3.62. The van der Waals surface area contributed by atoms with E-state index in [0.29, 0.717) is 6.10 Å². The second kappa shape index (κ2) is 5.17. The molecule has 82 valence electrons. The maximum atomic E-state index is 5.76. The second-order valence-corrected chi connectivity index (χ2v) is 4.17. The molecule has 0 spiro atoms. The molecule has 0 heterocycles. The zero-order chi connectivity index (χ0) is 10.5. The highest BCUT2D eigenvalue weighted by Crippen LogP contribution is 2.27. The Morgan fingerprint density at radius 3 is 3.00 bits per heavy atom. The molecule has 2 nitrogen and oxygen atoms in total. The van der Waals surface area contributed by atoms with Crippen molar-refractivity contribution in [3.05, 3.63) is 29.8 Å². The minimum atomic E-state index is 0.498. The van der Waals surface area contributed by atoms with Gasteiger partial charge in [-0.25, -0.2) is 0 Å². The molecule has 2 rings (SSSR count). The Hall–Kier alpha value is -1.02. The summed E-state index contributed by atoms with van der Waals surface area (Å²) in [7, 11) is 1.99. The first-order chi connectivity index (χ1) is 7.38. The average molecular weight is 205 g/mol. The van der Waals surface area contributed by atoms with E-state index in [1.165, 1.54) is 24.8 Å². The molecule has 15 heavy (non-hydrogen) atoms. The first kappa shape index (κ1) is 10.5. The molecule has 1 N–H and O–H groups in total. The first-order valence-corrected chi connectivity index (χ1v) is 5.78. The standard InChI is InChI=1S/C13H19NO/c1-14-9-3-5-11-4-2-6-13(10-11)15-12-7-8-12/h2,4,6,10,12,14H,3,5,7-9H2,1H3. The highest BCUT2D eigenvalue weighted by Gasteiger charge is 2.23. The zero-order valence-electron chi connectivity index (χ0n) is 9.33. The summed E-state index contributed by atoms with van der Waals surface area (Å²) in [4.78, 5) is 0. The van der Waals surface area contributed by atoms with Crippen LogP contribution in [0, 0.1) is 0 Å². The van der Waals surface area contributed by atoms with Crippen molar-refractivity contribution in [2.24, 2.45) is 0 Å². The summed E-state index contributed by atoms with van der Waals surface area (Å²) in [6.07, 6.45) is 5.26. The number of nitrogens with one attached hydrogen (secondary N) is 1. The van der Waals surface area contributed by atoms with Crippen LogP contribution in [0.3, 0.4) is 0 Å².